The Bertz CT molecular complexity index is 1020. The van der Waals surface area contributed by atoms with Gasteiger partial charge in [-0.05, 0) is 23.6 Å². The van der Waals surface area contributed by atoms with Crippen LogP contribution in [0.15, 0.2) is 54.6 Å². The highest BCUT2D eigenvalue weighted by atomic mass is 16.2. The van der Waals surface area contributed by atoms with Crippen LogP contribution in [0.4, 0.5) is 5.69 Å². The SMILES string of the molecule is CCc1ccccc1NC(=O)C[C@H]1C(=O)NCCN1C(=O)CN1CCN(Cc2ccccc2)CC1. The topological polar surface area (TPSA) is 85.0 Å². The van der Waals surface area contributed by atoms with Gasteiger partial charge >= 0.3 is 0 Å². The first kappa shape index (κ1) is 24.9. The highest BCUT2D eigenvalue weighted by Gasteiger charge is 2.35. The number of carbonyl (C=O) groups is 3. The second-order valence-corrected chi connectivity index (χ2v) is 9.19. The summed E-state index contributed by atoms with van der Waals surface area (Å²) in [5.41, 5.74) is 3.08. The van der Waals surface area contributed by atoms with Crippen molar-refractivity contribution in [1.29, 1.82) is 0 Å². The number of anilines is 1. The first-order valence-corrected chi connectivity index (χ1v) is 12.5. The maximum absolute atomic E-state index is 13.2. The van der Waals surface area contributed by atoms with E-state index in [0.29, 0.717) is 13.1 Å². The molecule has 0 unspecified atom stereocenters. The van der Waals surface area contributed by atoms with E-state index < -0.39 is 6.04 Å². The fourth-order valence-electron chi connectivity index (χ4n) is 4.77. The molecule has 4 rings (SSSR count). The summed E-state index contributed by atoms with van der Waals surface area (Å²) < 4.78 is 0. The minimum atomic E-state index is -0.788. The number of nitrogens with one attached hydrogen (secondary N) is 2. The van der Waals surface area contributed by atoms with Crippen LogP contribution in [0.3, 0.4) is 0 Å². The molecule has 2 aliphatic heterocycles. The fourth-order valence-corrected chi connectivity index (χ4v) is 4.77. The molecule has 3 amide bonds. The van der Waals surface area contributed by atoms with Crippen molar-refractivity contribution in [3.05, 3.63) is 65.7 Å². The first-order chi connectivity index (χ1) is 17.0. The number of piperazine rings is 2. The van der Waals surface area contributed by atoms with E-state index in [0.717, 1.165) is 50.4 Å². The van der Waals surface area contributed by atoms with Gasteiger partial charge in [0.1, 0.15) is 6.04 Å². The van der Waals surface area contributed by atoms with Crippen molar-refractivity contribution < 1.29 is 14.4 Å². The van der Waals surface area contributed by atoms with Crippen LogP contribution in [0.1, 0.15) is 24.5 Å². The van der Waals surface area contributed by atoms with Gasteiger partial charge in [0.2, 0.25) is 17.7 Å². The van der Waals surface area contributed by atoms with Crippen LogP contribution < -0.4 is 10.6 Å². The van der Waals surface area contributed by atoms with Crippen LogP contribution in [0.25, 0.3) is 0 Å². The minimum absolute atomic E-state index is 0.0551. The third kappa shape index (κ3) is 6.68. The van der Waals surface area contributed by atoms with E-state index in [4.69, 9.17) is 0 Å². The Morgan fingerprint density at radius 2 is 1.63 bits per heavy atom. The molecule has 2 aromatic rings. The Kier molecular flexibility index (Phi) is 8.50. The molecular formula is C27H35N5O3. The van der Waals surface area contributed by atoms with E-state index >= 15 is 0 Å². The number of hydrogen-bond acceptors (Lipinski definition) is 5. The zero-order chi connectivity index (χ0) is 24.6. The van der Waals surface area contributed by atoms with Crippen molar-refractivity contribution in [1.82, 2.24) is 20.0 Å². The Morgan fingerprint density at radius 3 is 2.37 bits per heavy atom. The van der Waals surface area contributed by atoms with E-state index in [-0.39, 0.29) is 30.7 Å². The zero-order valence-electron chi connectivity index (χ0n) is 20.4. The lowest BCUT2D eigenvalue weighted by atomic mass is 10.1. The lowest BCUT2D eigenvalue weighted by molar-refractivity contribution is -0.145. The van der Waals surface area contributed by atoms with E-state index in [1.165, 1.54) is 5.56 Å². The predicted octanol–water partition coefficient (Wildman–Crippen LogP) is 1.72. The molecule has 35 heavy (non-hydrogen) atoms. The molecule has 1 atom stereocenters. The monoisotopic (exact) mass is 477 g/mol. The Labute approximate surface area is 207 Å². The lowest BCUT2D eigenvalue weighted by Gasteiger charge is -2.38. The standard InChI is InChI=1S/C27H35N5O3/c1-2-22-10-6-7-11-23(22)29-25(33)18-24-27(35)28-12-13-32(24)26(34)20-31-16-14-30(15-17-31)19-21-8-4-3-5-9-21/h3-11,24H,2,12-20H2,1H3,(H,28,35)(H,29,33)/t24-/m0/s1. The number of amides is 3. The average Bonchev–Trinajstić information content (AvgIpc) is 2.87. The highest BCUT2D eigenvalue weighted by Crippen LogP contribution is 2.18. The average molecular weight is 478 g/mol. The number of para-hydroxylation sites is 1. The molecule has 186 valence electrons. The molecule has 2 saturated heterocycles. The number of carbonyl (C=O) groups excluding carboxylic acids is 3. The van der Waals surface area contributed by atoms with Gasteiger partial charge in [-0.3, -0.25) is 24.2 Å². The Hall–Kier alpha value is -3.23. The third-order valence-corrected chi connectivity index (χ3v) is 6.78. The van der Waals surface area contributed by atoms with Gasteiger partial charge in [0, 0.05) is 51.5 Å². The van der Waals surface area contributed by atoms with Crippen LogP contribution in [0.2, 0.25) is 0 Å². The molecule has 8 heteroatoms. The molecule has 0 aromatic heterocycles. The molecular weight excluding hydrogens is 442 g/mol. The second-order valence-electron chi connectivity index (χ2n) is 9.19. The molecule has 2 fully saturated rings. The summed E-state index contributed by atoms with van der Waals surface area (Å²) in [5, 5.41) is 5.73. The maximum atomic E-state index is 13.2. The quantitative estimate of drug-likeness (QED) is 0.605. The molecule has 2 aliphatic rings. The van der Waals surface area contributed by atoms with Crippen molar-refractivity contribution in [3.63, 3.8) is 0 Å². The zero-order valence-corrected chi connectivity index (χ0v) is 20.4. The van der Waals surface area contributed by atoms with Gasteiger partial charge in [0.15, 0.2) is 0 Å². The summed E-state index contributed by atoms with van der Waals surface area (Å²) in [6.07, 6.45) is 0.740. The van der Waals surface area contributed by atoms with Gasteiger partial charge in [-0.15, -0.1) is 0 Å². The van der Waals surface area contributed by atoms with Gasteiger partial charge in [-0.25, -0.2) is 0 Å². The van der Waals surface area contributed by atoms with Crippen LogP contribution in [-0.4, -0.2) is 84.3 Å². The molecule has 0 bridgehead atoms. The van der Waals surface area contributed by atoms with E-state index in [1.807, 2.05) is 37.3 Å². The Morgan fingerprint density at radius 1 is 0.943 bits per heavy atom. The minimum Gasteiger partial charge on any atom is -0.353 e. The molecule has 8 nitrogen and oxygen atoms in total. The van der Waals surface area contributed by atoms with Gasteiger partial charge in [-0.2, -0.15) is 0 Å². The normalized spacial score (nSPS) is 19.3. The molecule has 2 heterocycles. The van der Waals surface area contributed by atoms with E-state index in [1.54, 1.807) is 4.90 Å². The summed E-state index contributed by atoms with van der Waals surface area (Å²) in [6, 6.07) is 17.2. The largest absolute Gasteiger partial charge is 0.353 e. The van der Waals surface area contributed by atoms with Crippen LogP contribution in [0, 0.1) is 0 Å². The van der Waals surface area contributed by atoms with Crippen LogP contribution in [-0.2, 0) is 27.3 Å². The van der Waals surface area contributed by atoms with Crippen LogP contribution in [0.5, 0.6) is 0 Å². The van der Waals surface area contributed by atoms with E-state index in [2.05, 4.69) is 44.7 Å². The van der Waals surface area contributed by atoms with Gasteiger partial charge in [0.25, 0.3) is 0 Å². The summed E-state index contributed by atoms with van der Waals surface area (Å²) in [6.45, 7) is 7.43. The second kappa shape index (κ2) is 12.0. The predicted molar refractivity (Wildman–Crippen MR) is 136 cm³/mol. The van der Waals surface area contributed by atoms with Gasteiger partial charge < -0.3 is 15.5 Å². The third-order valence-electron chi connectivity index (χ3n) is 6.78. The number of nitrogens with zero attached hydrogens (tertiary/aromatic N) is 3. The molecule has 0 spiro atoms. The molecule has 2 aromatic carbocycles. The van der Waals surface area contributed by atoms with Crippen molar-refractivity contribution >= 4 is 23.4 Å². The lowest BCUT2D eigenvalue weighted by Crippen LogP contribution is -2.60. The molecule has 0 radical (unpaired) electrons. The first-order valence-electron chi connectivity index (χ1n) is 12.5. The molecule has 2 N–H and O–H groups in total. The number of benzene rings is 2. The van der Waals surface area contributed by atoms with Gasteiger partial charge in [0.05, 0.1) is 13.0 Å². The van der Waals surface area contributed by atoms with Gasteiger partial charge in [-0.1, -0.05) is 55.5 Å². The van der Waals surface area contributed by atoms with Crippen molar-refractivity contribution in [3.8, 4) is 0 Å². The Balaban J connectivity index is 1.30. The fraction of sp³-hybridized carbons (Fsp3) is 0.444. The summed E-state index contributed by atoms with van der Waals surface area (Å²) >= 11 is 0. The van der Waals surface area contributed by atoms with Crippen molar-refractivity contribution in [2.45, 2.75) is 32.4 Å². The number of rotatable bonds is 8. The smallest absolute Gasteiger partial charge is 0.243 e. The highest BCUT2D eigenvalue weighted by molar-refractivity contribution is 5.98. The van der Waals surface area contributed by atoms with Crippen LogP contribution >= 0.6 is 0 Å². The number of aryl methyl sites for hydroxylation is 1. The van der Waals surface area contributed by atoms with E-state index in [9.17, 15) is 14.4 Å². The molecule has 0 aliphatic carbocycles. The summed E-state index contributed by atoms with van der Waals surface area (Å²) in [7, 11) is 0. The van der Waals surface area contributed by atoms with Crippen molar-refractivity contribution in [2.24, 2.45) is 0 Å². The van der Waals surface area contributed by atoms with Crippen molar-refractivity contribution in [2.75, 3.05) is 51.1 Å². The molecule has 0 saturated carbocycles. The summed E-state index contributed by atoms with van der Waals surface area (Å²) in [5.74, 6) is -0.625. The number of hydrogen-bond donors (Lipinski definition) is 2. The maximum Gasteiger partial charge on any atom is 0.243 e. The summed E-state index contributed by atoms with van der Waals surface area (Å²) in [4.78, 5) is 44.7.